The lowest BCUT2D eigenvalue weighted by Gasteiger charge is -1.89. The van der Waals surface area contributed by atoms with Crippen molar-refractivity contribution in [2.24, 2.45) is 5.73 Å². The maximum absolute atomic E-state index is 10.7. The summed E-state index contributed by atoms with van der Waals surface area (Å²) in [6, 6.07) is 0. The van der Waals surface area contributed by atoms with Crippen molar-refractivity contribution in [1.82, 2.24) is 0 Å². The van der Waals surface area contributed by atoms with E-state index >= 15 is 0 Å². The summed E-state index contributed by atoms with van der Waals surface area (Å²) in [6.45, 7) is 0. The Kier molecular flexibility index (Phi) is 2.49. The number of halogens is 1. The molecule has 0 aromatic carbocycles. The molecule has 0 aromatic rings. The summed E-state index contributed by atoms with van der Waals surface area (Å²) in [4.78, 5) is 10.7. The fourth-order valence-corrected chi connectivity index (χ4v) is 0.768. The van der Waals surface area contributed by atoms with Gasteiger partial charge in [0.05, 0.1) is 0 Å². The number of hydrogen-bond acceptors (Lipinski definition) is 2. The minimum atomic E-state index is -0.473. The zero-order valence-electron chi connectivity index (χ0n) is 5.88. The number of nitrogens with two attached hydrogens (primary N) is 1. The zero-order valence-corrected chi connectivity index (χ0v) is 6.64. The average molecular weight is 170 g/mol. The second-order valence-electron chi connectivity index (χ2n) is 2.22. The third-order valence-corrected chi connectivity index (χ3v) is 1.50. The Hall–Kier alpha value is -1.02. The van der Waals surface area contributed by atoms with Gasteiger partial charge in [0.25, 0.3) is 5.24 Å². The molecule has 0 bridgehead atoms. The highest BCUT2D eigenvalue weighted by molar-refractivity contribution is 6.68. The van der Waals surface area contributed by atoms with E-state index in [0.29, 0.717) is 5.57 Å². The monoisotopic (exact) mass is 169 g/mol. The first kappa shape index (κ1) is 8.08. The molecule has 0 atom stereocenters. The topological polar surface area (TPSA) is 43.1 Å². The maximum atomic E-state index is 10.7. The van der Waals surface area contributed by atoms with Crippen LogP contribution in [0.4, 0.5) is 0 Å². The molecule has 2 N–H and O–H groups in total. The molecule has 11 heavy (non-hydrogen) atoms. The van der Waals surface area contributed by atoms with E-state index in [1.807, 2.05) is 6.08 Å². The number of rotatable bonds is 3. The van der Waals surface area contributed by atoms with Gasteiger partial charge in [0.15, 0.2) is 0 Å². The smallest absolute Gasteiger partial charge is 0.252 e. The molecule has 0 fully saturated rings. The third kappa shape index (κ3) is 2.60. The van der Waals surface area contributed by atoms with Crippen LogP contribution in [-0.2, 0) is 4.79 Å². The number of hydrogen-bond donors (Lipinski definition) is 1. The Balaban J connectivity index is 2.72. The molecular formula is C8H8ClNO. The van der Waals surface area contributed by atoms with Crippen LogP contribution in [0.3, 0.4) is 0 Å². The molecule has 0 unspecified atom stereocenters. The van der Waals surface area contributed by atoms with Crippen LogP contribution in [0.2, 0.25) is 0 Å². The minimum absolute atomic E-state index is 0.443. The van der Waals surface area contributed by atoms with Gasteiger partial charge in [-0.3, -0.25) is 4.79 Å². The van der Waals surface area contributed by atoms with Gasteiger partial charge < -0.3 is 5.73 Å². The van der Waals surface area contributed by atoms with Crippen LogP contribution in [-0.4, -0.2) is 5.24 Å². The van der Waals surface area contributed by atoms with Gasteiger partial charge in [0.2, 0.25) is 0 Å². The Morgan fingerprint density at radius 3 is 2.73 bits per heavy atom. The fraction of sp³-hybridized carbons (Fsp3) is 0.125. The minimum Gasteiger partial charge on any atom is -0.405 e. The molecule has 0 heterocycles. The molecule has 0 aromatic heterocycles. The van der Waals surface area contributed by atoms with Gasteiger partial charge in [-0.2, -0.15) is 0 Å². The van der Waals surface area contributed by atoms with Crippen molar-refractivity contribution in [2.45, 2.75) is 6.42 Å². The first-order valence-corrected chi connectivity index (χ1v) is 3.60. The highest BCUT2D eigenvalue weighted by Gasteiger charge is 2.07. The number of allylic oxidation sites excluding steroid dienone is 5. The van der Waals surface area contributed by atoms with E-state index in [4.69, 9.17) is 17.3 Å². The zero-order chi connectivity index (χ0) is 8.27. The molecule has 0 amide bonds. The van der Waals surface area contributed by atoms with E-state index in [1.165, 1.54) is 12.3 Å². The summed E-state index contributed by atoms with van der Waals surface area (Å²) in [7, 11) is 0. The highest BCUT2D eigenvalue weighted by atomic mass is 35.5. The standard InChI is InChI=1S/C8H8ClNO/c9-8(11)7(3-4-10)5-6-1-2-6/h1,3-5H,2,10H2/b4-3-,7-5+. The molecule has 0 saturated carbocycles. The first-order chi connectivity index (χ1) is 5.24. The first-order valence-electron chi connectivity index (χ1n) is 3.23. The van der Waals surface area contributed by atoms with Crippen molar-refractivity contribution in [3.8, 4) is 0 Å². The molecule has 0 saturated heterocycles. The molecule has 1 aliphatic carbocycles. The van der Waals surface area contributed by atoms with Gasteiger partial charge in [-0.15, -0.1) is 0 Å². The van der Waals surface area contributed by atoms with Gasteiger partial charge in [-0.1, -0.05) is 6.08 Å². The molecule has 0 aliphatic heterocycles. The van der Waals surface area contributed by atoms with E-state index in [9.17, 15) is 4.79 Å². The Labute approximate surface area is 70.0 Å². The SMILES string of the molecule is N/C=C\C(=C/C1=CC1)C(=O)Cl. The molecule has 1 aliphatic rings. The lowest BCUT2D eigenvalue weighted by molar-refractivity contribution is -0.108. The lowest BCUT2D eigenvalue weighted by Crippen LogP contribution is -1.90. The van der Waals surface area contributed by atoms with E-state index in [2.05, 4.69) is 0 Å². The summed E-state index contributed by atoms with van der Waals surface area (Å²) in [5, 5.41) is -0.473. The molecular weight excluding hydrogens is 162 g/mol. The molecule has 58 valence electrons. The molecule has 1 rings (SSSR count). The van der Waals surface area contributed by atoms with Crippen LogP contribution in [0, 0.1) is 0 Å². The van der Waals surface area contributed by atoms with Crippen molar-refractivity contribution >= 4 is 16.8 Å². The molecule has 0 radical (unpaired) electrons. The number of carbonyl (C=O) groups excluding carboxylic acids is 1. The average Bonchev–Trinajstić information content (AvgIpc) is 2.70. The maximum Gasteiger partial charge on any atom is 0.252 e. The van der Waals surface area contributed by atoms with Crippen LogP contribution in [0.1, 0.15) is 6.42 Å². The van der Waals surface area contributed by atoms with Crippen molar-refractivity contribution in [2.75, 3.05) is 0 Å². The van der Waals surface area contributed by atoms with Crippen molar-refractivity contribution < 1.29 is 4.79 Å². The van der Waals surface area contributed by atoms with Crippen molar-refractivity contribution in [3.05, 3.63) is 35.6 Å². The van der Waals surface area contributed by atoms with Crippen LogP contribution >= 0.6 is 11.6 Å². The van der Waals surface area contributed by atoms with Crippen molar-refractivity contribution in [1.29, 1.82) is 0 Å². The Bertz CT molecular complexity index is 263. The fourth-order valence-electron chi connectivity index (χ4n) is 0.651. The lowest BCUT2D eigenvalue weighted by atomic mass is 10.2. The Morgan fingerprint density at radius 1 is 1.73 bits per heavy atom. The third-order valence-electron chi connectivity index (χ3n) is 1.28. The van der Waals surface area contributed by atoms with Gasteiger partial charge in [0, 0.05) is 5.57 Å². The summed E-state index contributed by atoms with van der Waals surface area (Å²) < 4.78 is 0. The van der Waals surface area contributed by atoms with Crippen LogP contribution in [0.15, 0.2) is 35.6 Å². The van der Waals surface area contributed by atoms with E-state index in [0.717, 1.165) is 12.0 Å². The van der Waals surface area contributed by atoms with Gasteiger partial charge in [-0.05, 0) is 41.9 Å². The van der Waals surface area contributed by atoms with E-state index in [1.54, 1.807) is 6.08 Å². The molecule has 2 nitrogen and oxygen atoms in total. The highest BCUT2D eigenvalue weighted by Crippen LogP contribution is 2.22. The second kappa shape index (κ2) is 3.39. The van der Waals surface area contributed by atoms with Crippen molar-refractivity contribution in [3.63, 3.8) is 0 Å². The summed E-state index contributed by atoms with van der Waals surface area (Å²) in [6.07, 6.45) is 7.48. The van der Waals surface area contributed by atoms with Gasteiger partial charge in [-0.25, -0.2) is 0 Å². The summed E-state index contributed by atoms with van der Waals surface area (Å²) in [5.41, 5.74) is 6.69. The Morgan fingerprint density at radius 2 is 2.36 bits per heavy atom. The second-order valence-corrected chi connectivity index (χ2v) is 2.56. The van der Waals surface area contributed by atoms with E-state index in [-0.39, 0.29) is 0 Å². The largest absolute Gasteiger partial charge is 0.405 e. The van der Waals surface area contributed by atoms with E-state index < -0.39 is 5.24 Å². The van der Waals surface area contributed by atoms with Crippen LogP contribution in [0.5, 0.6) is 0 Å². The van der Waals surface area contributed by atoms with Gasteiger partial charge in [0.1, 0.15) is 0 Å². The molecule has 3 heteroatoms. The predicted molar refractivity (Wildman–Crippen MR) is 45.0 cm³/mol. The predicted octanol–water partition coefficient (Wildman–Crippen LogP) is 1.48. The van der Waals surface area contributed by atoms with Crippen LogP contribution < -0.4 is 5.73 Å². The normalized spacial score (nSPS) is 16.8. The van der Waals surface area contributed by atoms with Crippen LogP contribution in [0.25, 0.3) is 0 Å². The van der Waals surface area contributed by atoms with Gasteiger partial charge >= 0.3 is 0 Å². The molecule has 0 spiro atoms. The summed E-state index contributed by atoms with van der Waals surface area (Å²) in [5.74, 6) is 0. The summed E-state index contributed by atoms with van der Waals surface area (Å²) >= 11 is 5.25. The quantitative estimate of drug-likeness (QED) is 0.395. The number of carbonyl (C=O) groups is 1.